The van der Waals surface area contributed by atoms with Crippen LogP contribution in [-0.4, -0.2) is 37.1 Å². The third-order valence-electron chi connectivity index (χ3n) is 3.99. The first-order valence-corrected chi connectivity index (χ1v) is 6.35. The van der Waals surface area contributed by atoms with Gasteiger partial charge >= 0.3 is 0 Å². The van der Waals surface area contributed by atoms with Crippen molar-refractivity contribution in [1.29, 1.82) is 0 Å². The third-order valence-corrected chi connectivity index (χ3v) is 3.99. The average Bonchev–Trinajstić information content (AvgIpc) is 2.42. The molecule has 90 valence electrons. The summed E-state index contributed by atoms with van der Waals surface area (Å²) in [6, 6.07) is 1.43. The molecule has 1 heterocycles. The zero-order valence-corrected chi connectivity index (χ0v) is 11.1. The summed E-state index contributed by atoms with van der Waals surface area (Å²) < 4.78 is 0. The fraction of sp³-hybridized carbons (Fsp3) is 1.00. The predicted octanol–water partition coefficient (Wildman–Crippen LogP) is 2.49. The minimum absolute atomic E-state index is 0.383. The molecule has 2 atom stereocenters. The molecule has 2 nitrogen and oxygen atoms in total. The molecular formula is C13H28N2. The molecule has 0 aromatic heterocycles. The minimum Gasteiger partial charge on any atom is -0.317 e. The summed E-state index contributed by atoms with van der Waals surface area (Å²) in [7, 11) is 2.30. The summed E-state index contributed by atoms with van der Waals surface area (Å²) in [6.07, 6.45) is 3.98. The maximum atomic E-state index is 3.48. The van der Waals surface area contributed by atoms with Gasteiger partial charge in [-0.3, -0.25) is 0 Å². The fourth-order valence-corrected chi connectivity index (χ4v) is 2.34. The van der Waals surface area contributed by atoms with E-state index in [-0.39, 0.29) is 0 Å². The average molecular weight is 212 g/mol. The first-order valence-electron chi connectivity index (χ1n) is 6.35. The molecule has 1 aliphatic rings. The van der Waals surface area contributed by atoms with Crippen molar-refractivity contribution in [2.75, 3.05) is 20.1 Å². The van der Waals surface area contributed by atoms with Crippen LogP contribution in [0.4, 0.5) is 0 Å². The lowest BCUT2D eigenvalue weighted by molar-refractivity contribution is 0.0907. The van der Waals surface area contributed by atoms with Gasteiger partial charge in [-0.05, 0) is 51.7 Å². The van der Waals surface area contributed by atoms with Crippen molar-refractivity contribution in [3.05, 3.63) is 0 Å². The zero-order chi connectivity index (χ0) is 11.5. The highest BCUT2D eigenvalue weighted by Gasteiger charge is 2.28. The first kappa shape index (κ1) is 13.0. The van der Waals surface area contributed by atoms with Crippen LogP contribution in [0.15, 0.2) is 0 Å². The van der Waals surface area contributed by atoms with Gasteiger partial charge in [0.05, 0.1) is 0 Å². The van der Waals surface area contributed by atoms with E-state index in [1.165, 1.54) is 32.4 Å². The molecule has 1 N–H and O–H groups in total. The van der Waals surface area contributed by atoms with Gasteiger partial charge in [-0.1, -0.05) is 20.8 Å². The molecule has 0 amide bonds. The zero-order valence-electron chi connectivity index (χ0n) is 11.1. The molecule has 0 spiro atoms. The van der Waals surface area contributed by atoms with Crippen molar-refractivity contribution in [3.63, 3.8) is 0 Å². The molecular weight excluding hydrogens is 184 g/mol. The highest BCUT2D eigenvalue weighted by Crippen LogP contribution is 2.26. The second-order valence-corrected chi connectivity index (χ2v) is 6.04. The Labute approximate surface area is 95.4 Å². The van der Waals surface area contributed by atoms with Crippen molar-refractivity contribution in [3.8, 4) is 0 Å². The lowest BCUT2D eigenvalue weighted by Gasteiger charge is -2.40. The van der Waals surface area contributed by atoms with Crippen LogP contribution >= 0.6 is 0 Å². The first-order chi connectivity index (χ1) is 6.93. The summed E-state index contributed by atoms with van der Waals surface area (Å²) in [6.45, 7) is 11.8. The lowest BCUT2D eigenvalue weighted by atomic mass is 9.86. The monoisotopic (exact) mass is 212 g/mol. The van der Waals surface area contributed by atoms with E-state index in [2.05, 4.69) is 45.0 Å². The topological polar surface area (TPSA) is 15.3 Å². The van der Waals surface area contributed by atoms with Crippen LogP contribution in [0, 0.1) is 5.41 Å². The van der Waals surface area contributed by atoms with Gasteiger partial charge in [0.25, 0.3) is 0 Å². The van der Waals surface area contributed by atoms with Crippen LogP contribution in [0.3, 0.4) is 0 Å². The Hall–Kier alpha value is -0.0800. The van der Waals surface area contributed by atoms with Crippen LogP contribution in [-0.2, 0) is 0 Å². The van der Waals surface area contributed by atoms with Gasteiger partial charge in [0.15, 0.2) is 0 Å². The third kappa shape index (κ3) is 3.76. The van der Waals surface area contributed by atoms with Crippen LogP contribution in [0.25, 0.3) is 0 Å². The van der Waals surface area contributed by atoms with Crippen molar-refractivity contribution in [1.82, 2.24) is 10.2 Å². The van der Waals surface area contributed by atoms with E-state index in [1.54, 1.807) is 0 Å². The Morgan fingerprint density at radius 1 is 1.20 bits per heavy atom. The summed E-state index contributed by atoms with van der Waals surface area (Å²) in [5, 5.41) is 3.48. The number of hydrogen-bond acceptors (Lipinski definition) is 2. The Morgan fingerprint density at radius 3 is 2.47 bits per heavy atom. The molecule has 0 aliphatic carbocycles. The van der Waals surface area contributed by atoms with Gasteiger partial charge < -0.3 is 10.2 Å². The lowest BCUT2D eigenvalue weighted by Crippen LogP contribution is -2.45. The van der Waals surface area contributed by atoms with Gasteiger partial charge in [0.1, 0.15) is 0 Å². The molecule has 0 aromatic carbocycles. The number of hydrogen-bond donors (Lipinski definition) is 1. The number of nitrogens with one attached hydrogen (secondary N) is 1. The number of nitrogens with zero attached hydrogens (tertiary/aromatic N) is 1. The van der Waals surface area contributed by atoms with Crippen LogP contribution in [0.1, 0.15) is 47.0 Å². The summed E-state index contributed by atoms with van der Waals surface area (Å²) in [5.74, 6) is 0. The van der Waals surface area contributed by atoms with Crippen LogP contribution < -0.4 is 5.32 Å². The van der Waals surface area contributed by atoms with Crippen molar-refractivity contribution >= 4 is 0 Å². The highest BCUT2D eigenvalue weighted by molar-refractivity contribution is 4.83. The second-order valence-electron chi connectivity index (χ2n) is 6.04. The molecule has 1 aliphatic heterocycles. The molecule has 0 bridgehead atoms. The van der Waals surface area contributed by atoms with Gasteiger partial charge in [-0.25, -0.2) is 0 Å². The molecule has 15 heavy (non-hydrogen) atoms. The fourth-order valence-electron chi connectivity index (χ4n) is 2.34. The number of rotatable bonds is 2. The normalized spacial score (nSPS) is 26.4. The highest BCUT2D eigenvalue weighted by atomic mass is 15.2. The minimum atomic E-state index is 0.383. The van der Waals surface area contributed by atoms with E-state index < -0.39 is 0 Å². The molecule has 2 heteroatoms. The van der Waals surface area contributed by atoms with E-state index in [9.17, 15) is 0 Å². The molecule has 0 aromatic rings. The molecule has 1 saturated heterocycles. The van der Waals surface area contributed by atoms with Crippen LogP contribution in [0.2, 0.25) is 0 Å². The largest absolute Gasteiger partial charge is 0.317 e. The van der Waals surface area contributed by atoms with Gasteiger partial charge in [-0.15, -0.1) is 0 Å². The molecule has 1 fully saturated rings. The van der Waals surface area contributed by atoms with E-state index in [0.29, 0.717) is 11.5 Å². The maximum absolute atomic E-state index is 3.48. The summed E-state index contributed by atoms with van der Waals surface area (Å²) in [4.78, 5) is 2.59. The summed E-state index contributed by atoms with van der Waals surface area (Å²) in [5.41, 5.74) is 0.383. The standard InChI is InChI=1S/C13H28N2/c1-11(13(2,3)4)15(5)12-7-6-9-14-10-8-12/h11-12,14H,6-10H2,1-5H3. The second kappa shape index (κ2) is 5.31. The summed E-state index contributed by atoms with van der Waals surface area (Å²) >= 11 is 0. The van der Waals surface area contributed by atoms with E-state index in [0.717, 1.165) is 6.04 Å². The maximum Gasteiger partial charge on any atom is 0.0115 e. The molecule has 0 radical (unpaired) electrons. The van der Waals surface area contributed by atoms with E-state index >= 15 is 0 Å². The van der Waals surface area contributed by atoms with Crippen molar-refractivity contribution < 1.29 is 0 Å². The Balaban J connectivity index is 2.53. The Kier molecular flexibility index (Phi) is 4.60. The van der Waals surface area contributed by atoms with Gasteiger partial charge in [0, 0.05) is 12.1 Å². The smallest absolute Gasteiger partial charge is 0.0115 e. The van der Waals surface area contributed by atoms with Gasteiger partial charge in [0.2, 0.25) is 0 Å². The molecule has 0 saturated carbocycles. The van der Waals surface area contributed by atoms with Crippen molar-refractivity contribution in [2.45, 2.75) is 59.0 Å². The van der Waals surface area contributed by atoms with E-state index in [1.807, 2.05) is 0 Å². The van der Waals surface area contributed by atoms with Gasteiger partial charge in [-0.2, -0.15) is 0 Å². The quantitative estimate of drug-likeness (QED) is 0.756. The molecule has 2 unspecified atom stereocenters. The molecule has 1 rings (SSSR count). The SMILES string of the molecule is CC(N(C)C1CCCNCC1)C(C)(C)C. The van der Waals surface area contributed by atoms with Crippen molar-refractivity contribution in [2.24, 2.45) is 5.41 Å². The Morgan fingerprint density at radius 2 is 1.87 bits per heavy atom. The predicted molar refractivity (Wildman–Crippen MR) is 67.2 cm³/mol. The van der Waals surface area contributed by atoms with Crippen LogP contribution in [0.5, 0.6) is 0 Å². The van der Waals surface area contributed by atoms with E-state index in [4.69, 9.17) is 0 Å². The Bertz CT molecular complexity index is 175.